The molecule has 3 rings (SSSR count). The molecule has 0 radical (unpaired) electrons. The van der Waals surface area contributed by atoms with Crippen molar-refractivity contribution in [3.05, 3.63) is 78.9 Å². The van der Waals surface area contributed by atoms with Crippen molar-refractivity contribution in [3.63, 3.8) is 0 Å². The van der Waals surface area contributed by atoms with Gasteiger partial charge in [-0.2, -0.15) is 4.98 Å². The van der Waals surface area contributed by atoms with E-state index in [0.717, 1.165) is 11.1 Å². The topological polar surface area (TPSA) is 55.1 Å². The molecule has 0 aliphatic carbocycles. The molecule has 1 aromatic heterocycles. The number of nitrogens with zero attached hydrogens (tertiary/aromatic N) is 2. The molecular weight excluding hydrogens is 264 g/mol. The lowest BCUT2D eigenvalue weighted by Gasteiger charge is -2.13. The molecule has 1 atom stereocenters. The molecule has 0 aliphatic heterocycles. The summed E-state index contributed by atoms with van der Waals surface area (Å²) >= 11 is 0. The van der Waals surface area contributed by atoms with Gasteiger partial charge in [-0.05, 0) is 16.7 Å². The van der Waals surface area contributed by atoms with Gasteiger partial charge in [0, 0.05) is 6.20 Å². The van der Waals surface area contributed by atoms with Crippen LogP contribution in [-0.4, -0.2) is 20.6 Å². The summed E-state index contributed by atoms with van der Waals surface area (Å²) < 4.78 is 1.40. The lowest BCUT2D eigenvalue weighted by atomic mass is 10.0. The molecule has 0 saturated carbocycles. The minimum absolute atomic E-state index is 0.671. The van der Waals surface area contributed by atoms with Gasteiger partial charge >= 0.3 is 5.97 Å². The second-order valence-electron chi connectivity index (χ2n) is 4.60. The highest BCUT2D eigenvalue weighted by atomic mass is 16.4. The van der Waals surface area contributed by atoms with Gasteiger partial charge in [0.15, 0.2) is 6.04 Å². The Kier molecular flexibility index (Phi) is 3.40. The molecule has 3 aromatic rings. The first-order chi connectivity index (χ1) is 10.3. The van der Waals surface area contributed by atoms with Crippen molar-refractivity contribution in [2.45, 2.75) is 6.04 Å². The van der Waals surface area contributed by atoms with Crippen LogP contribution in [0.2, 0.25) is 0 Å². The normalized spacial score (nSPS) is 11.6. The molecule has 1 heterocycles. The quantitative estimate of drug-likeness (QED) is 0.797. The fourth-order valence-corrected chi connectivity index (χ4v) is 2.25. The molecule has 4 heteroatoms. The molecule has 0 spiro atoms. The first-order valence-corrected chi connectivity index (χ1v) is 6.46. The van der Waals surface area contributed by atoms with Crippen LogP contribution >= 0.6 is 0 Å². The molecule has 2 aromatic carbocycles. The summed E-state index contributed by atoms with van der Waals surface area (Å²) in [6.07, 6.45) is 6.57. The van der Waals surface area contributed by atoms with Crippen LogP contribution in [0.25, 0.3) is 11.1 Å². The average Bonchev–Trinajstić information content (AvgIpc) is 3.03. The molecule has 0 aliphatic rings. The molecule has 0 fully saturated rings. The third kappa shape index (κ3) is 2.63. The zero-order valence-electron chi connectivity index (χ0n) is 11.1. The zero-order valence-corrected chi connectivity index (χ0v) is 11.1. The Morgan fingerprint density at radius 2 is 1.71 bits per heavy atom. The lowest BCUT2D eigenvalue weighted by molar-refractivity contribution is -0.139. The summed E-state index contributed by atoms with van der Waals surface area (Å²) in [6, 6.07) is 16.6. The number of hydrogen-bond donors (Lipinski definition) is 1. The zero-order chi connectivity index (χ0) is 14.7. The van der Waals surface area contributed by atoms with E-state index in [1.165, 1.54) is 10.9 Å². The predicted molar refractivity (Wildman–Crippen MR) is 77.6 cm³/mol. The van der Waals surface area contributed by atoms with Gasteiger partial charge in [-0.1, -0.05) is 54.6 Å². The van der Waals surface area contributed by atoms with Gasteiger partial charge in [0.05, 0.1) is 6.20 Å². The van der Waals surface area contributed by atoms with E-state index in [1.807, 2.05) is 54.6 Å². The summed E-state index contributed by atoms with van der Waals surface area (Å²) in [5.74, 6) is -0.954. The van der Waals surface area contributed by atoms with Crippen LogP contribution in [0, 0.1) is 12.4 Å². The molecule has 1 unspecified atom stereocenters. The molecule has 21 heavy (non-hydrogen) atoms. The van der Waals surface area contributed by atoms with Crippen LogP contribution in [0.3, 0.4) is 0 Å². The van der Waals surface area contributed by atoms with Gasteiger partial charge < -0.3 is 5.11 Å². The monoisotopic (exact) mass is 276 g/mol. The molecular formula is C17H12N2O2. The van der Waals surface area contributed by atoms with E-state index in [0.29, 0.717) is 5.56 Å². The van der Waals surface area contributed by atoms with Crippen molar-refractivity contribution in [1.29, 1.82) is 0 Å². The number of benzene rings is 2. The van der Waals surface area contributed by atoms with E-state index in [1.54, 1.807) is 0 Å². The van der Waals surface area contributed by atoms with Crippen molar-refractivity contribution in [2.75, 3.05) is 0 Å². The minimum atomic E-state index is -0.954. The van der Waals surface area contributed by atoms with Gasteiger partial charge in [-0.15, -0.1) is 0 Å². The summed E-state index contributed by atoms with van der Waals surface area (Å²) in [7, 11) is 0. The van der Waals surface area contributed by atoms with Gasteiger partial charge in [0.1, 0.15) is 6.33 Å². The van der Waals surface area contributed by atoms with Crippen molar-refractivity contribution >= 4 is 5.97 Å². The van der Waals surface area contributed by atoms with E-state index in [-0.39, 0.29) is 0 Å². The van der Waals surface area contributed by atoms with Crippen LogP contribution < -0.4 is 0 Å². The van der Waals surface area contributed by atoms with E-state index in [9.17, 15) is 9.90 Å². The summed E-state index contributed by atoms with van der Waals surface area (Å²) in [4.78, 5) is 15.2. The van der Waals surface area contributed by atoms with Crippen molar-refractivity contribution in [2.24, 2.45) is 0 Å². The summed E-state index contributed by atoms with van der Waals surface area (Å²) in [5, 5.41) is 9.40. The first kappa shape index (κ1) is 12.9. The van der Waals surface area contributed by atoms with Gasteiger partial charge in [-0.3, -0.25) is 4.57 Å². The number of carboxylic acid groups (broad SMARTS) is 1. The predicted octanol–water partition coefficient (Wildman–Crippen LogP) is 2.82. The third-order valence-corrected chi connectivity index (χ3v) is 3.27. The summed E-state index contributed by atoms with van der Waals surface area (Å²) in [5.41, 5.74) is 2.81. The number of aromatic nitrogens is 2. The molecule has 0 amide bonds. The highest BCUT2D eigenvalue weighted by Gasteiger charge is 2.21. The van der Waals surface area contributed by atoms with Crippen LogP contribution in [0.5, 0.6) is 0 Å². The van der Waals surface area contributed by atoms with Crippen molar-refractivity contribution in [1.82, 2.24) is 9.55 Å². The Labute approximate surface area is 122 Å². The smallest absolute Gasteiger partial charge is 0.332 e. The second kappa shape index (κ2) is 5.51. The average molecular weight is 276 g/mol. The third-order valence-electron chi connectivity index (χ3n) is 3.27. The maximum atomic E-state index is 11.5. The van der Waals surface area contributed by atoms with Crippen LogP contribution in [0.15, 0.2) is 60.9 Å². The maximum Gasteiger partial charge on any atom is 0.332 e. The standard InChI is InChI=1S/C17H12N2O2/c20-17(21)16(19-11-10-18-12-19)15-8-6-14(7-9-15)13-4-2-1-3-5-13/h1-9,12,16H,(H,20,21). The van der Waals surface area contributed by atoms with Crippen LogP contribution in [0.4, 0.5) is 0 Å². The Balaban J connectivity index is 1.94. The molecule has 102 valence electrons. The SMILES string of the molecule is O=C(O)C(c1ccc(-c2ccccc2)cc1)n1c#cnc1. The number of hydrogen-bond acceptors (Lipinski definition) is 2. The van der Waals surface area contributed by atoms with Crippen LogP contribution in [-0.2, 0) is 4.79 Å². The highest BCUT2D eigenvalue weighted by molar-refractivity contribution is 5.76. The Bertz CT molecular complexity index is 719. The molecule has 4 nitrogen and oxygen atoms in total. The first-order valence-electron chi connectivity index (χ1n) is 6.46. The number of aliphatic carboxylic acids is 1. The number of carboxylic acids is 1. The Hall–Kier alpha value is -3.06. The maximum absolute atomic E-state index is 11.5. The number of carbonyl (C=O) groups is 1. The fraction of sp³-hybridized carbons (Fsp3) is 0.0588. The van der Waals surface area contributed by atoms with Gasteiger partial charge in [-0.25, -0.2) is 4.79 Å². The van der Waals surface area contributed by atoms with E-state index in [4.69, 9.17) is 0 Å². The molecule has 0 saturated heterocycles. The van der Waals surface area contributed by atoms with Gasteiger partial charge in [0.25, 0.3) is 0 Å². The largest absolute Gasteiger partial charge is 0.479 e. The summed E-state index contributed by atoms with van der Waals surface area (Å²) in [6.45, 7) is 0. The Morgan fingerprint density at radius 3 is 2.29 bits per heavy atom. The molecule has 0 bridgehead atoms. The Morgan fingerprint density at radius 1 is 1.05 bits per heavy atom. The van der Waals surface area contributed by atoms with E-state index < -0.39 is 12.0 Å². The fourth-order valence-electron chi connectivity index (χ4n) is 2.25. The van der Waals surface area contributed by atoms with Crippen molar-refractivity contribution < 1.29 is 9.90 Å². The van der Waals surface area contributed by atoms with Gasteiger partial charge in [0.2, 0.25) is 0 Å². The number of rotatable bonds is 4. The van der Waals surface area contributed by atoms with Crippen LogP contribution in [0.1, 0.15) is 11.6 Å². The second-order valence-corrected chi connectivity index (χ2v) is 4.60. The highest BCUT2D eigenvalue weighted by Crippen LogP contribution is 2.23. The minimum Gasteiger partial charge on any atom is -0.479 e. The lowest BCUT2D eigenvalue weighted by Crippen LogP contribution is -2.19. The molecule has 1 N–H and O–H groups in total. The van der Waals surface area contributed by atoms with Crippen molar-refractivity contribution in [3.8, 4) is 11.1 Å². The van der Waals surface area contributed by atoms with E-state index >= 15 is 0 Å². The van der Waals surface area contributed by atoms with E-state index in [2.05, 4.69) is 17.4 Å².